The summed E-state index contributed by atoms with van der Waals surface area (Å²) in [6.45, 7) is 8.10. The molecular formula is C19H26O3. The minimum Gasteiger partial charge on any atom is -0.491 e. The van der Waals surface area contributed by atoms with E-state index in [9.17, 15) is 4.79 Å². The highest BCUT2D eigenvalue weighted by molar-refractivity contribution is 6.12. The first-order chi connectivity index (χ1) is 10.5. The molecule has 0 fully saturated rings. The molecule has 1 unspecified atom stereocenters. The predicted molar refractivity (Wildman–Crippen MR) is 87.6 cm³/mol. The summed E-state index contributed by atoms with van der Waals surface area (Å²) in [6.07, 6.45) is 2.81. The van der Waals surface area contributed by atoms with Crippen LogP contribution in [-0.2, 0) is 19.9 Å². The van der Waals surface area contributed by atoms with Gasteiger partial charge in [0.25, 0.3) is 0 Å². The standard InChI is InChI=1S/C19H26O3/c1-6-7-8-16-17(20)19(21-5,18(16)22-13(2)3)15-11-9-14(4)10-12-15/h9-13H,6-8H2,1-5H3. The summed E-state index contributed by atoms with van der Waals surface area (Å²) in [7, 11) is 1.58. The highest BCUT2D eigenvalue weighted by Crippen LogP contribution is 2.48. The van der Waals surface area contributed by atoms with Gasteiger partial charge in [-0.3, -0.25) is 4.79 Å². The van der Waals surface area contributed by atoms with E-state index < -0.39 is 5.60 Å². The Kier molecular flexibility index (Phi) is 5.07. The van der Waals surface area contributed by atoms with Crippen LogP contribution in [0.2, 0.25) is 0 Å². The highest BCUT2D eigenvalue weighted by Gasteiger charge is 2.57. The molecule has 1 aromatic rings. The van der Waals surface area contributed by atoms with Crippen LogP contribution in [0, 0.1) is 6.92 Å². The van der Waals surface area contributed by atoms with Crippen molar-refractivity contribution < 1.29 is 14.3 Å². The van der Waals surface area contributed by atoms with Gasteiger partial charge in [-0.05, 0) is 39.2 Å². The predicted octanol–water partition coefficient (Wildman–Crippen LogP) is 4.29. The summed E-state index contributed by atoms with van der Waals surface area (Å²) in [5, 5.41) is 0. The topological polar surface area (TPSA) is 35.5 Å². The third-order valence-electron chi connectivity index (χ3n) is 4.09. The Hall–Kier alpha value is -1.61. The number of hydrogen-bond donors (Lipinski definition) is 0. The number of carbonyl (C=O) groups excluding carboxylic acids is 1. The molecule has 22 heavy (non-hydrogen) atoms. The molecule has 0 saturated heterocycles. The number of hydrogen-bond acceptors (Lipinski definition) is 3. The van der Waals surface area contributed by atoms with Gasteiger partial charge >= 0.3 is 0 Å². The van der Waals surface area contributed by atoms with Crippen molar-refractivity contribution in [3.8, 4) is 0 Å². The van der Waals surface area contributed by atoms with Crippen molar-refractivity contribution in [2.24, 2.45) is 0 Å². The van der Waals surface area contributed by atoms with Crippen molar-refractivity contribution in [1.82, 2.24) is 0 Å². The average molecular weight is 302 g/mol. The van der Waals surface area contributed by atoms with Crippen LogP contribution in [-0.4, -0.2) is 19.0 Å². The Morgan fingerprint density at radius 2 is 1.82 bits per heavy atom. The lowest BCUT2D eigenvalue weighted by Gasteiger charge is -2.43. The molecule has 120 valence electrons. The minimum absolute atomic E-state index is 0.0136. The summed E-state index contributed by atoms with van der Waals surface area (Å²) in [4.78, 5) is 12.8. The molecular weight excluding hydrogens is 276 g/mol. The van der Waals surface area contributed by atoms with Gasteiger partial charge in [0.05, 0.1) is 6.10 Å². The Balaban J connectivity index is 2.47. The van der Waals surface area contributed by atoms with Gasteiger partial charge in [0.15, 0.2) is 0 Å². The molecule has 2 rings (SSSR count). The number of aryl methyl sites for hydroxylation is 1. The molecule has 1 aliphatic carbocycles. The second kappa shape index (κ2) is 6.66. The van der Waals surface area contributed by atoms with Crippen LogP contribution in [0.4, 0.5) is 0 Å². The van der Waals surface area contributed by atoms with E-state index in [0.717, 1.165) is 36.0 Å². The second-order valence-electron chi connectivity index (χ2n) is 6.16. The van der Waals surface area contributed by atoms with Crippen LogP contribution in [0.1, 0.15) is 51.2 Å². The summed E-state index contributed by atoms with van der Waals surface area (Å²) in [6, 6.07) is 7.91. The quantitative estimate of drug-likeness (QED) is 0.754. The van der Waals surface area contributed by atoms with E-state index in [4.69, 9.17) is 9.47 Å². The van der Waals surface area contributed by atoms with Crippen molar-refractivity contribution in [3.63, 3.8) is 0 Å². The number of benzene rings is 1. The lowest BCUT2D eigenvalue weighted by atomic mass is 9.71. The lowest BCUT2D eigenvalue weighted by Crippen LogP contribution is -2.51. The molecule has 0 N–H and O–H groups in total. The molecule has 3 nitrogen and oxygen atoms in total. The molecule has 1 atom stereocenters. The number of methoxy groups -OCH3 is 1. The molecule has 1 aliphatic rings. The SMILES string of the molecule is CCCCC1=C(OC(C)C)C(OC)(c2ccc(C)cc2)C1=O. The minimum atomic E-state index is -1.05. The molecule has 0 radical (unpaired) electrons. The zero-order valence-corrected chi connectivity index (χ0v) is 14.2. The summed E-state index contributed by atoms with van der Waals surface area (Å²) in [5.74, 6) is 0.746. The normalized spacial score (nSPS) is 21.3. The van der Waals surface area contributed by atoms with E-state index in [-0.39, 0.29) is 11.9 Å². The van der Waals surface area contributed by atoms with Gasteiger partial charge in [0, 0.05) is 12.7 Å². The maximum atomic E-state index is 12.8. The Morgan fingerprint density at radius 1 is 1.18 bits per heavy atom. The van der Waals surface area contributed by atoms with Crippen molar-refractivity contribution in [1.29, 1.82) is 0 Å². The van der Waals surface area contributed by atoms with E-state index in [0.29, 0.717) is 5.76 Å². The first kappa shape index (κ1) is 16.8. The van der Waals surface area contributed by atoms with Crippen LogP contribution in [0.25, 0.3) is 0 Å². The first-order valence-electron chi connectivity index (χ1n) is 8.04. The largest absolute Gasteiger partial charge is 0.491 e. The zero-order chi connectivity index (χ0) is 16.3. The first-order valence-corrected chi connectivity index (χ1v) is 8.04. The zero-order valence-electron chi connectivity index (χ0n) is 14.2. The van der Waals surface area contributed by atoms with Crippen LogP contribution < -0.4 is 0 Å². The highest BCUT2D eigenvalue weighted by atomic mass is 16.6. The van der Waals surface area contributed by atoms with Crippen LogP contribution >= 0.6 is 0 Å². The van der Waals surface area contributed by atoms with E-state index in [2.05, 4.69) is 6.92 Å². The smallest absolute Gasteiger partial charge is 0.213 e. The summed E-state index contributed by atoms with van der Waals surface area (Å²) < 4.78 is 11.7. The molecule has 3 heteroatoms. The van der Waals surface area contributed by atoms with E-state index in [1.165, 1.54) is 0 Å². The van der Waals surface area contributed by atoms with E-state index in [1.54, 1.807) is 7.11 Å². The summed E-state index contributed by atoms with van der Waals surface area (Å²) >= 11 is 0. The third-order valence-corrected chi connectivity index (χ3v) is 4.09. The molecule has 0 heterocycles. The monoisotopic (exact) mass is 302 g/mol. The maximum absolute atomic E-state index is 12.8. The number of rotatable bonds is 7. The van der Waals surface area contributed by atoms with Crippen molar-refractivity contribution in [2.45, 2.75) is 58.7 Å². The fourth-order valence-electron chi connectivity index (χ4n) is 2.89. The fourth-order valence-corrected chi connectivity index (χ4v) is 2.89. The average Bonchev–Trinajstić information content (AvgIpc) is 2.49. The number of Topliss-reactive ketones (excluding diaryl/α,β-unsaturated/α-hetero) is 1. The van der Waals surface area contributed by atoms with E-state index >= 15 is 0 Å². The van der Waals surface area contributed by atoms with Gasteiger partial charge in [0.1, 0.15) is 5.76 Å². The molecule has 0 bridgehead atoms. The number of carbonyl (C=O) groups is 1. The van der Waals surface area contributed by atoms with Gasteiger partial charge < -0.3 is 9.47 Å². The maximum Gasteiger partial charge on any atom is 0.213 e. The molecule has 0 aliphatic heterocycles. The molecule has 0 spiro atoms. The van der Waals surface area contributed by atoms with Crippen LogP contribution in [0.3, 0.4) is 0 Å². The molecule has 0 aromatic heterocycles. The number of ether oxygens (including phenoxy) is 2. The fraction of sp³-hybridized carbons (Fsp3) is 0.526. The van der Waals surface area contributed by atoms with Crippen molar-refractivity contribution in [2.75, 3.05) is 7.11 Å². The van der Waals surface area contributed by atoms with Gasteiger partial charge in [-0.1, -0.05) is 43.2 Å². The van der Waals surface area contributed by atoms with E-state index in [1.807, 2.05) is 45.0 Å². The van der Waals surface area contributed by atoms with Gasteiger partial charge in [-0.15, -0.1) is 0 Å². The Morgan fingerprint density at radius 3 is 2.32 bits per heavy atom. The third kappa shape index (κ3) is 2.70. The van der Waals surface area contributed by atoms with Gasteiger partial charge in [-0.2, -0.15) is 0 Å². The van der Waals surface area contributed by atoms with Crippen molar-refractivity contribution >= 4 is 5.78 Å². The van der Waals surface area contributed by atoms with Crippen LogP contribution in [0.5, 0.6) is 0 Å². The molecule has 1 aromatic carbocycles. The lowest BCUT2D eigenvalue weighted by molar-refractivity contribution is -0.148. The number of unbranched alkanes of at least 4 members (excludes halogenated alkanes) is 1. The van der Waals surface area contributed by atoms with Gasteiger partial charge in [0.2, 0.25) is 11.4 Å². The summed E-state index contributed by atoms with van der Waals surface area (Å²) in [5.41, 5.74) is 1.74. The Bertz CT molecular complexity index is 569. The molecule has 0 saturated carbocycles. The second-order valence-corrected chi connectivity index (χ2v) is 6.16. The van der Waals surface area contributed by atoms with Crippen molar-refractivity contribution in [3.05, 3.63) is 46.7 Å². The molecule has 0 amide bonds. The van der Waals surface area contributed by atoms with Gasteiger partial charge in [-0.25, -0.2) is 0 Å². The Labute approximate surface area is 133 Å². The number of ketones is 1. The van der Waals surface area contributed by atoms with Crippen LogP contribution in [0.15, 0.2) is 35.6 Å².